The van der Waals surface area contributed by atoms with E-state index in [9.17, 15) is 8.42 Å². The lowest BCUT2D eigenvalue weighted by Gasteiger charge is -2.14. The first-order chi connectivity index (χ1) is 10.4. The summed E-state index contributed by atoms with van der Waals surface area (Å²) in [6.45, 7) is 3.20. The first kappa shape index (κ1) is 17.0. The van der Waals surface area contributed by atoms with Gasteiger partial charge in [0, 0.05) is 6.04 Å². The molecule has 1 aromatic carbocycles. The Balaban J connectivity index is 2.42. The highest BCUT2D eigenvalue weighted by Gasteiger charge is 2.24. The molecule has 120 valence electrons. The van der Waals surface area contributed by atoms with Crippen molar-refractivity contribution >= 4 is 21.6 Å². The first-order valence-electron chi connectivity index (χ1n) is 6.83. The van der Waals surface area contributed by atoms with Crippen LogP contribution in [0.25, 0.3) is 5.69 Å². The largest absolute Gasteiger partial charge is 0.395 e. The molecular formula is C14H18ClN3O3S. The van der Waals surface area contributed by atoms with Gasteiger partial charge in [-0.3, -0.25) is 0 Å². The molecule has 1 heterocycles. The lowest BCUT2D eigenvalue weighted by Crippen LogP contribution is -2.37. The van der Waals surface area contributed by atoms with Gasteiger partial charge in [0.15, 0.2) is 0 Å². The third kappa shape index (κ3) is 3.33. The van der Waals surface area contributed by atoms with Gasteiger partial charge in [0.1, 0.15) is 4.90 Å². The van der Waals surface area contributed by atoms with E-state index in [0.29, 0.717) is 22.8 Å². The molecule has 22 heavy (non-hydrogen) atoms. The van der Waals surface area contributed by atoms with E-state index in [0.717, 1.165) is 0 Å². The van der Waals surface area contributed by atoms with Crippen molar-refractivity contribution in [3.8, 4) is 5.69 Å². The summed E-state index contributed by atoms with van der Waals surface area (Å²) < 4.78 is 28.8. The highest BCUT2D eigenvalue weighted by Crippen LogP contribution is 2.24. The summed E-state index contributed by atoms with van der Waals surface area (Å²) in [5.41, 5.74) is 1.06. The number of aliphatic hydroxyl groups excluding tert-OH is 1. The van der Waals surface area contributed by atoms with Gasteiger partial charge in [0.25, 0.3) is 0 Å². The maximum atomic E-state index is 12.4. The zero-order valence-corrected chi connectivity index (χ0v) is 13.9. The number of para-hydroxylation sites is 1. The van der Waals surface area contributed by atoms with E-state index in [1.54, 1.807) is 38.1 Å². The second-order valence-corrected chi connectivity index (χ2v) is 6.96. The van der Waals surface area contributed by atoms with Crippen LogP contribution in [0, 0.1) is 6.92 Å². The molecule has 0 spiro atoms. The molecule has 0 aliphatic rings. The van der Waals surface area contributed by atoms with E-state index in [2.05, 4.69) is 9.82 Å². The molecule has 6 nitrogen and oxygen atoms in total. The topological polar surface area (TPSA) is 84.2 Å². The number of aromatic nitrogens is 2. The molecule has 0 aliphatic carbocycles. The number of hydrogen-bond acceptors (Lipinski definition) is 4. The van der Waals surface area contributed by atoms with Crippen LogP contribution in [0.5, 0.6) is 0 Å². The monoisotopic (exact) mass is 343 g/mol. The van der Waals surface area contributed by atoms with Gasteiger partial charge in [0.2, 0.25) is 10.0 Å². The van der Waals surface area contributed by atoms with Gasteiger partial charge < -0.3 is 5.11 Å². The molecule has 0 saturated carbocycles. The Labute approximate surface area is 134 Å². The minimum atomic E-state index is -3.75. The smallest absolute Gasteiger partial charge is 0.244 e. The molecule has 1 atom stereocenters. The van der Waals surface area contributed by atoms with Crippen LogP contribution in [0.2, 0.25) is 5.02 Å². The van der Waals surface area contributed by atoms with Crippen molar-refractivity contribution in [2.75, 3.05) is 6.61 Å². The summed E-state index contributed by atoms with van der Waals surface area (Å²) in [6.07, 6.45) is 1.78. The molecule has 2 rings (SSSR count). The van der Waals surface area contributed by atoms with Gasteiger partial charge in [-0.05, 0) is 25.5 Å². The SMILES string of the molecule is CC[C@H](CO)NS(=O)(=O)c1cnn(-c2ccccc2Cl)c1C. The van der Waals surface area contributed by atoms with E-state index in [-0.39, 0.29) is 11.5 Å². The lowest BCUT2D eigenvalue weighted by atomic mass is 10.3. The highest BCUT2D eigenvalue weighted by molar-refractivity contribution is 7.89. The molecule has 8 heteroatoms. The number of hydrogen-bond donors (Lipinski definition) is 2. The molecule has 0 aliphatic heterocycles. The molecule has 2 aromatic rings. The maximum Gasteiger partial charge on any atom is 0.244 e. The summed E-state index contributed by atoms with van der Waals surface area (Å²) in [5.74, 6) is 0. The van der Waals surface area contributed by atoms with Crippen molar-refractivity contribution in [3.05, 3.63) is 41.2 Å². The number of nitrogens with one attached hydrogen (secondary N) is 1. The summed E-state index contributed by atoms with van der Waals surface area (Å²) >= 11 is 6.12. The van der Waals surface area contributed by atoms with Crippen LogP contribution >= 0.6 is 11.6 Å². The molecule has 0 radical (unpaired) electrons. The molecular weight excluding hydrogens is 326 g/mol. The summed E-state index contributed by atoms with van der Waals surface area (Å²) in [7, 11) is -3.75. The number of rotatable bonds is 6. The van der Waals surface area contributed by atoms with Crippen LogP contribution in [0.1, 0.15) is 19.0 Å². The van der Waals surface area contributed by atoms with E-state index in [1.807, 2.05) is 0 Å². The molecule has 1 aromatic heterocycles. The second kappa shape index (κ2) is 6.78. The first-order valence-corrected chi connectivity index (χ1v) is 8.69. The Morgan fingerprint density at radius 2 is 2.09 bits per heavy atom. The van der Waals surface area contributed by atoms with E-state index >= 15 is 0 Å². The van der Waals surface area contributed by atoms with Crippen LogP contribution < -0.4 is 4.72 Å². The van der Waals surface area contributed by atoms with Crippen LogP contribution in [-0.4, -0.2) is 36.0 Å². The van der Waals surface area contributed by atoms with Gasteiger partial charge >= 0.3 is 0 Å². The minimum absolute atomic E-state index is 0.0688. The normalized spacial score (nSPS) is 13.3. The van der Waals surface area contributed by atoms with Crippen LogP contribution in [0.4, 0.5) is 0 Å². The standard InChI is InChI=1S/C14H18ClN3O3S/c1-3-11(9-19)17-22(20,21)14-8-16-18(10(14)2)13-7-5-4-6-12(13)15/h4-8,11,17,19H,3,9H2,1-2H3/t11-/m1/s1. The number of benzene rings is 1. The molecule has 0 fully saturated rings. The highest BCUT2D eigenvalue weighted by atomic mass is 35.5. The van der Waals surface area contributed by atoms with Gasteiger partial charge in [-0.1, -0.05) is 30.7 Å². The molecule has 2 N–H and O–H groups in total. The Bertz CT molecular complexity index is 754. The predicted octanol–water partition coefficient (Wildman–Crippen LogP) is 1.88. The fourth-order valence-electron chi connectivity index (χ4n) is 2.06. The number of aliphatic hydroxyl groups is 1. The summed E-state index contributed by atoms with van der Waals surface area (Å²) in [5, 5.41) is 13.8. The van der Waals surface area contributed by atoms with Crippen molar-refractivity contribution in [3.63, 3.8) is 0 Å². The third-order valence-corrected chi connectivity index (χ3v) is 5.31. The van der Waals surface area contributed by atoms with Crippen molar-refractivity contribution in [2.24, 2.45) is 0 Å². The van der Waals surface area contributed by atoms with E-state index in [1.165, 1.54) is 10.9 Å². The van der Waals surface area contributed by atoms with E-state index < -0.39 is 16.1 Å². The van der Waals surface area contributed by atoms with Gasteiger partial charge in [-0.2, -0.15) is 5.10 Å². The number of sulfonamides is 1. The predicted molar refractivity (Wildman–Crippen MR) is 84.8 cm³/mol. The molecule has 0 amide bonds. The Morgan fingerprint density at radius 3 is 2.68 bits per heavy atom. The summed E-state index contributed by atoms with van der Waals surface area (Å²) in [4.78, 5) is 0.0688. The van der Waals surface area contributed by atoms with Crippen molar-refractivity contribution in [1.82, 2.24) is 14.5 Å². The van der Waals surface area contributed by atoms with Crippen molar-refractivity contribution < 1.29 is 13.5 Å². The van der Waals surface area contributed by atoms with Crippen molar-refractivity contribution in [1.29, 1.82) is 0 Å². The fourth-order valence-corrected chi connectivity index (χ4v) is 3.74. The Kier molecular flexibility index (Phi) is 5.23. The Morgan fingerprint density at radius 1 is 1.41 bits per heavy atom. The van der Waals surface area contributed by atoms with Gasteiger partial charge in [-0.15, -0.1) is 0 Å². The Hall–Kier alpha value is -1.41. The third-order valence-electron chi connectivity index (χ3n) is 3.37. The van der Waals surface area contributed by atoms with Crippen LogP contribution in [0.15, 0.2) is 35.4 Å². The van der Waals surface area contributed by atoms with Crippen LogP contribution in [-0.2, 0) is 10.0 Å². The fraction of sp³-hybridized carbons (Fsp3) is 0.357. The van der Waals surface area contributed by atoms with Crippen LogP contribution in [0.3, 0.4) is 0 Å². The van der Waals surface area contributed by atoms with E-state index in [4.69, 9.17) is 16.7 Å². The summed E-state index contributed by atoms with van der Waals surface area (Å²) in [6, 6.07) is 6.54. The average Bonchev–Trinajstić information content (AvgIpc) is 2.88. The minimum Gasteiger partial charge on any atom is -0.395 e. The molecule has 0 saturated heterocycles. The molecule has 0 unspecified atom stereocenters. The number of nitrogens with zero attached hydrogens (tertiary/aromatic N) is 2. The van der Waals surface area contributed by atoms with Gasteiger partial charge in [-0.25, -0.2) is 17.8 Å². The second-order valence-electron chi connectivity index (χ2n) is 4.87. The maximum absolute atomic E-state index is 12.4. The quantitative estimate of drug-likeness (QED) is 0.838. The average molecular weight is 344 g/mol. The zero-order chi connectivity index (χ0) is 16.3. The zero-order valence-electron chi connectivity index (χ0n) is 12.3. The lowest BCUT2D eigenvalue weighted by molar-refractivity contribution is 0.254. The van der Waals surface area contributed by atoms with Gasteiger partial charge in [0.05, 0.1) is 29.2 Å². The number of halogens is 1. The van der Waals surface area contributed by atoms with Crippen molar-refractivity contribution in [2.45, 2.75) is 31.2 Å². The molecule has 0 bridgehead atoms.